The van der Waals surface area contributed by atoms with Gasteiger partial charge in [-0.25, -0.2) is 4.79 Å². The van der Waals surface area contributed by atoms with Gasteiger partial charge in [0.2, 0.25) is 0 Å². The van der Waals surface area contributed by atoms with Gasteiger partial charge in [0.1, 0.15) is 6.61 Å². The van der Waals surface area contributed by atoms with Crippen LogP contribution in [0.1, 0.15) is 34.6 Å². The van der Waals surface area contributed by atoms with Gasteiger partial charge in [-0.1, -0.05) is 11.6 Å². The molecule has 0 unspecified atom stereocenters. The summed E-state index contributed by atoms with van der Waals surface area (Å²) in [6.07, 6.45) is -0.392. The molecule has 0 saturated carbocycles. The molecule has 1 aliphatic rings. The highest BCUT2D eigenvalue weighted by Crippen LogP contribution is 2.24. The lowest BCUT2D eigenvalue weighted by Crippen LogP contribution is -2.30. The molecule has 2 aromatic carbocycles. The maximum absolute atomic E-state index is 12.5. The molecule has 1 saturated heterocycles. The molecule has 0 aromatic heterocycles. The summed E-state index contributed by atoms with van der Waals surface area (Å²) in [5.41, 5.74) is 1.99. The van der Waals surface area contributed by atoms with Crippen molar-refractivity contribution in [3.63, 3.8) is 0 Å². The zero-order valence-electron chi connectivity index (χ0n) is 16.3. The number of benzene rings is 2. The maximum atomic E-state index is 12.5. The van der Waals surface area contributed by atoms with E-state index < -0.39 is 6.09 Å². The summed E-state index contributed by atoms with van der Waals surface area (Å²) in [7, 11) is 0. The number of rotatable bonds is 6. The molecule has 7 nitrogen and oxygen atoms in total. The first-order chi connectivity index (χ1) is 13.9. The van der Waals surface area contributed by atoms with Crippen LogP contribution in [-0.2, 0) is 4.74 Å². The zero-order chi connectivity index (χ0) is 21.0. The average Bonchev–Trinajstić information content (AvgIpc) is 3.15. The van der Waals surface area contributed by atoms with E-state index in [1.807, 2.05) is 13.8 Å². The molecule has 1 heterocycles. The maximum Gasteiger partial charge on any atom is 0.414 e. The van der Waals surface area contributed by atoms with Crippen LogP contribution in [-0.4, -0.2) is 49.0 Å². The first-order valence-electron chi connectivity index (χ1n) is 9.39. The summed E-state index contributed by atoms with van der Waals surface area (Å²) in [5, 5.41) is 3.05. The van der Waals surface area contributed by atoms with E-state index in [2.05, 4.69) is 5.32 Å². The number of nitrogens with zero attached hydrogens (tertiary/aromatic N) is 2. The summed E-state index contributed by atoms with van der Waals surface area (Å²) in [5.74, 6) is -0.465. The fourth-order valence-corrected chi connectivity index (χ4v) is 3.33. The van der Waals surface area contributed by atoms with Crippen molar-refractivity contribution >= 4 is 40.9 Å². The predicted octanol–water partition coefficient (Wildman–Crippen LogP) is 4.03. The van der Waals surface area contributed by atoms with Gasteiger partial charge in [0.25, 0.3) is 11.8 Å². The van der Waals surface area contributed by atoms with E-state index in [1.165, 1.54) is 4.90 Å². The van der Waals surface area contributed by atoms with Crippen LogP contribution in [0, 0.1) is 0 Å². The van der Waals surface area contributed by atoms with Crippen LogP contribution in [0.3, 0.4) is 0 Å². The number of amides is 3. The van der Waals surface area contributed by atoms with E-state index in [9.17, 15) is 14.4 Å². The number of halogens is 1. The normalized spacial score (nSPS) is 13.2. The molecule has 8 heteroatoms. The highest BCUT2D eigenvalue weighted by Gasteiger charge is 2.23. The van der Waals surface area contributed by atoms with Crippen LogP contribution < -0.4 is 10.2 Å². The molecule has 1 aliphatic heterocycles. The van der Waals surface area contributed by atoms with Crippen LogP contribution in [0.4, 0.5) is 16.2 Å². The number of ether oxygens (including phenoxy) is 1. The van der Waals surface area contributed by atoms with Crippen molar-refractivity contribution in [2.45, 2.75) is 13.8 Å². The van der Waals surface area contributed by atoms with Gasteiger partial charge in [0, 0.05) is 30.0 Å². The summed E-state index contributed by atoms with van der Waals surface area (Å²) in [4.78, 5) is 39.8. The second-order valence-corrected chi connectivity index (χ2v) is 6.85. The molecule has 29 heavy (non-hydrogen) atoms. The Morgan fingerprint density at radius 2 is 1.83 bits per heavy atom. The zero-order valence-corrected chi connectivity index (χ0v) is 17.0. The molecule has 0 spiro atoms. The summed E-state index contributed by atoms with van der Waals surface area (Å²) >= 11 is 6.27. The third kappa shape index (κ3) is 4.51. The SMILES string of the molecule is CCN(CC)C(=O)c1ccc(NC(=O)c2ccc(N3CCOC3=O)cc2)cc1Cl. The number of carbonyl (C=O) groups is 3. The Morgan fingerprint density at radius 3 is 2.38 bits per heavy atom. The van der Waals surface area contributed by atoms with Crippen molar-refractivity contribution in [3.05, 3.63) is 58.6 Å². The van der Waals surface area contributed by atoms with Crippen LogP contribution in [0.15, 0.2) is 42.5 Å². The molecule has 152 valence electrons. The lowest BCUT2D eigenvalue weighted by atomic mass is 10.1. The largest absolute Gasteiger partial charge is 0.447 e. The predicted molar refractivity (Wildman–Crippen MR) is 112 cm³/mol. The number of hydrogen-bond donors (Lipinski definition) is 1. The summed E-state index contributed by atoms with van der Waals surface area (Å²) in [6.45, 7) is 5.84. The monoisotopic (exact) mass is 415 g/mol. The topological polar surface area (TPSA) is 79.0 Å². The van der Waals surface area contributed by atoms with Gasteiger partial charge in [-0.3, -0.25) is 14.5 Å². The minimum atomic E-state index is -0.392. The van der Waals surface area contributed by atoms with Crippen molar-refractivity contribution in [3.8, 4) is 0 Å². The lowest BCUT2D eigenvalue weighted by molar-refractivity contribution is 0.0773. The van der Waals surface area contributed by atoms with E-state index >= 15 is 0 Å². The van der Waals surface area contributed by atoms with Crippen LogP contribution in [0.25, 0.3) is 0 Å². The van der Waals surface area contributed by atoms with Gasteiger partial charge < -0.3 is 15.0 Å². The average molecular weight is 416 g/mol. The molecule has 3 amide bonds. The Morgan fingerprint density at radius 1 is 1.14 bits per heavy atom. The van der Waals surface area contributed by atoms with E-state index in [-0.39, 0.29) is 16.8 Å². The fraction of sp³-hybridized carbons (Fsp3) is 0.286. The number of cyclic esters (lactones) is 1. The molecule has 2 aromatic rings. The standard InChI is InChI=1S/C21H22ClN3O4/c1-3-24(4-2)20(27)17-10-7-15(13-18(17)22)23-19(26)14-5-8-16(9-6-14)25-11-12-29-21(25)28/h5-10,13H,3-4,11-12H2,1-2H3,(H,23,26). The smallest absolute Gasteiger partial charge is 0.414 e. The van der Waals surface area contributed by atoms with Crippen molar-refractivity contribution in [2.24, 2.45) is 0 Å². The molecule has 3 rings (SSSR count). The molecule has 1 N–H and O–H groups in total. The van der Waals surface area contributed by atoms with Gasteiger partial charge in [0.15, 0.2) is 0 Å². The van der Waals surface area contributed by atoms with Gasteiger partial charge in [-0.05, 0) is 56.3 Å². The quantitative estimate of drug-likeness (QED) is 0.772. The van der Waals surface area contributed by atoms with Crippen molar-refractivity contribution in [1.29, 1.82) is 0 Å². The first kappa shape index (κ1) is 20.7. The molecular formula is C21H22ClN3O4. The third-order valence-electron chi connectivity index (χ3n) is 4.71. The summed E-state index contributed by atoms with van der Waals surface area (Å²) in [6, 6.07) is 11.5. The highest BCUT2D eigenvalue weighted by atomic mass is 35.5. The van der Waals surface area contributed by atoms with E-state index in [0.717, 1.165) is 0 Å². The number of anilines is 2. The van der Waals surface area contributed by atoms with Gasteiger partial charge in [-0.15, -0.1) is 0 Å². The second-order valence-electron chi connectivity index (χ2n) is 6.44. The molecule has 0 radical (unpaired) electrons. The molecule has 1 fully saturated rings. The van der Waals surface area contributed by atoms with E-state index in [1.54, 1.807) is 47.4 Å². The highest BCUT2D eigenvalue weighted by molar-refractivity contribution is 6.34. The Labute approximate surface area is 174 Å². The van der Waals surface area contributed by atoms with E-state index in [4.69, 9.17) is 16.3 Å². The van der Waals surface area contributed by atoms with Crippen LogP contribution in [0.5, 0.6) is 0 Å². The van der Waals surface area contributed by atoms with Gasteiger partial charge in [0.05, 0.1) is 17.1 Å². The Bertz CT molecular complexity index is 926. The van der Waals surface area contributed by atoms with Gasteiger partial charge >= 0.3 is 6.09 Å². The third-order valence-corrected chi connectivity index (χ3v) is 5.02. The minimum Gasteiger partial charge on any atom is -0.447 e. The lowest BCUT2D eigenvalue weighted by Gasteiger charge is -2.19. The van der Waals surface area contributed by atoms with E-state index in [0.29, 0.717) is 48.7 Å². The van der Waals surface area contributed by atoms with Crippen LogP contribution in [0.2, 0.25) is 5.02 Å². The fourth-order valence-electron chi connectivity index (χ4n) is 3.07. The Kier molecular flexibility index (Phi) is 6.39. The van der Waals surface area contributed by atoms with Crippen molar-refractivity contribution in [1.82, 2.24) is 4.90 Å². The number of carbonyl (C=O) groups excluding carboxylic acids is 3. The Balaban J connectivity index is 1.70. The number of nitrogens with one attached hydrogen (secondary N) is 1. The summed E-state index contributed by atoms with van der Waals surface area (Å²) < 4.78 is 4.91. The molecule has 0 aliphatic carbocycles. The Hall–Kier alpha value is -3.06. The number of hydrogen-bond acceptors (Lipinski definition) is 4. The van der Waals surface area contributed by atoms with Gasteiger partial charge in [-0.2, -0.15) is 0 Å². The van der Waals surface area contributed by atoms with Crippen molar-refractivity contribution < 1.29 is 19.1 Å². The molecule has 0 atom stereocenters. The minimum absolute atomic E-state index is 0.145. The molecular weight excluding hydrogens is 394 g/mol. The van der Waals surface area contributed by atoms with Crippen molar-refractivity contribution in [2.75, 3.05) is 36.5 Å². The van der Waals surface area contributed by atoms with Crippen LogP contribution >= 0.6 is 11.6 Å². The first-order valence-corrected chi connectivity index (χ1v) is 9.77. The second kappa shape index (κ2) is 8.96. The molecule has 0 bridgehead atoms.